The molecule has 5 nitrogen and oxygen atoms in total. The molecule has 130 valence electrons. The summed E-state index contributed by atoms with van der Waals surface area (Å²) in [4.78, 5) is 17.8. The maximum atomic E-state index is 14.3. The van der Waals surface area contributed by atoms with Gasteiger partial charge in [0.1, 0.15) is 5.60 Å². The minimum Gasteiger partial charge on any atom is -0.373 e. The van der Waals surface area contributed by atoms with Crippen LogP contribution in [0.4, 0.5) is 4.39 Å². The minimum absolute atomic E-state index is 0.118. The lowest BCUT2D eigenvalue weighted by Crippen LogP contribution is -2.70. The number of halogens is 1. The quantitative estimate of drug-likeness (QED) is 0.847. The molecule has 3 heterocycles. The van der Waals surface area contributed by atoms with Crippen molar-refractivity contribution >= 4 is 5.91 Å². The standard InChI is InChI=1S/C18H23FN2O3/c19-18(5-1-6-18)16(22)21-12-17(13-21)10-15(4-9-24-17)23-11-14-2-7-20-8-3-14/h2-3,7-8,15H,1,4-6,9-13H2. The van der Waals surface area contributed by atoms with Crippen molar-refractivity contribution in [1.82, 2.24) is 9.88 Å². The molecule has 0 radical (unpaired) electrons. The average Bonchev–Trinajstić information content (AvgIpc) is 2.56. The summed E-state index contributed by atoms with van der Waals surface area (Å²) in [5, 5.41) is 0. The normalized spacial score (nSPS) is 27.4. The largest absolute Gasteiger partial charge is 0.373 e. The molecular formula is C18H23FN2O3. The van der Waals surface area contributed by atoms with Crippen LogP contribution in [0.1, 0.15) is 37.7 Å². The Hall–Kier alpha value is -1.53. The molecule has 2 saturated heterocycles. The third-order valence-corrected chi connectivity index (χ3v) is 5.46. The monoisotopic (exact) mass is 334 g/mol. The van der Waals surface area contributed by atoms with E-state index in [0.29, 0.717) is 39.1 Å². The SMILES string of the molecule is O=C(N1CC2(CC(OCc3ccncc3)CCO2)C1)C1(F)CCC1. The zero-order valence-electron chi connectivity index (χ0n) is 13.7. The molecule has 1 saturated carbocycles. The number of alkyl halides is 1. The van der Waals surface area contributed by atoms with Crippen LogP contribution in [0.5, 0.6) is 0 Å². The van der Waals surface area contributed by atoms with Crippen LogP contribution in [0.2, 0.25) is 0 Å². The number of likely N-dealkylation sites (tertiary alicyclic amines) is 1. The Labute approximate surface area is 141 Å². The molecule has 1 aromatic rings. The summed E-state index contributed by atoms with van der Waals surface area (Å²) >= 11 is 0. The Morgan fingerprint density at radius 3 is 2.79 bits per heavy atom. The fourth-order valence-electron chi connectivity index (χ4n) is 3.82. The number of nitrogens with zero attached hydrogens (tertiary/aromatic N) is 2. The van der Waals surface area contributed by atoms with Gasteiger partial charge in [-0.2, -0.15) is 0 Å². The van der Waals surface area contributed by atoms with E-state index in [1.54, 1.807) is 17.3 Å². The average molecular weight is 334 g/mol. The molecule has 0 aromatic carbocycles. The van der Waals surface area contributed by atoms with Crippen molar-refractivity contribution in [2.45, 2.75) is 56.1 Å². The third kappa shape index (κ3) is 2.93. The van der Waals surface area contributed by atoms with Crippen LogP contribution in [-0.2, 0) is 20.9 Å². The number of amides is 1. The summed E-state index contributed by atoms with van der Waals surface area (Å²) in [5.74, 6) is -0.345. The van der Waals surface area contributed by atoms with Gasteiger partial charge < -0.3 is 14.4 Å². The van der Waals surface area contributed by atoms with Gasteiger partial charge >= 0.3 is 0 Å². The van der Waals surface area contributed by atoms with E-state index in [2.05, 4.69) is 4.98 Å². The van der Waals surface area contributed by atoms with Gasteiger partial charge in [-0.3, -0.25) is 9.78 Å². The van der Waals surface area contributed by atoms with Crippen molar-refractivity contribution in [2.24, 2.45) is 0 Å². The van der Waals surface area contributed by atoms with Crippen LogP contribution in [0.25, 0.3) is 0 Å². The summed E-state index contributed by atoms with van der Waals surface area (Å²) in [6.07, 6.45) is 6.80. The van der Waals surface area contributed by atoms with E-state index < -0.39 is 5.67 Å². The first-order valence-corrected chi connectivity index (χ1v) is 8.71. The summed E-state index contributed by atoms with van der Waals surface area (Å²) in [6.45, 7) is 2.17. The first-order valence-electron chi connectivity index (χ1n) is 8.71. The molecule has 0 N–H and O–H groups in total. The maximum Gasteiger partial charge on any atom is 0.260 e. The molecule has 2 aliphatic heterocycles. The summed E-state index contributed by atoms with van der Waals surface area (Å²) < 4.78 is 26.2. The zero-order valence-corrected chi connectivity index (χ0v) is 13.7. The van der Waals surface area contributed by atoms with E-state index in [0.717, 1.165) is 24.8 Å². The molecule has 4 rings (SSSR count). The Kier molecular flexibility index (Phi) is 4.04. The number of rotatable bonds is 4. The lowest BCUT2D eigenvalue weighted by atomic mass is 9.78. The third-order valence-electron chi connectivity index (χ3n) is 5.46. The number of aromatic nitrogens is 1. The molecule has 1 atom stereocenters. The fraction of sp³-hybridized carbons (Fsp3) is 0.667. The van der Waals surface area contributed by atoms with E-state index in [-0.39, 0.29) is 17.6 Å². The second-order valence-electron chi connectivity index (χ2n) is 7.29. The lowest BCUT2D eigenvalue weighted by Gasteiger charge is -2.54. The number of carbonyl (C=O) groups is 1. The van der Waals surface area contributed by atoms with E-state index in [1.807, 2.05) is 12.1 Å². The Morgan fingerprint density at radius 1 is 1.38 bits per heavy atom. The maximum absolute atomic E-state index is 14.3. The smallest absolute Gasteiger partial charge is 0.260 e. The molecule has 1 spiro atoms. The van der Waals surface area contributed by atoms with E-state index in [9.17, 15) is 9.18 Å². The van der Waals surface area contributed by atoms with Crippen molar-refractivity contribution in [3.63, 3.8) is 0 Å². The molecule has 6 heteroatoms. The number of hydrogen-bond donors (Lipinski definition) is 0. The van der Waals surface area contributed by atoms with Gasteiger partial charge in [-0.05, 0) is 43.4 Å². The molecule has 1 aliphatic carbocycles. The van der Waals surface area contributed by atoms with Crippen LogP contribution in [0, 0.1) is 0 Å². The van der Waals surface area contributed by atoms with Gasteiger partial charge in [0.2, 0.25) is 0 Å². The molecule has 1 aromatic heterocycles. The molecule has 3 aliphatic rings. The van der Waals surface area contributed by atoms with Gasteiger partial charge in [0.25, 0.3) is 5.91 Å². The Balaban J connectivity index is 1.29. The van der Waals surface area contributed by atoms with Crippen molar-refractivity contribution in [2.75, 3.05) is 19.7 Å². The zero-order chi connectivity index (χ0) is 16.6. The first-order chi connectivity index (χ1) is 11.6. The van der Waals surface area contributed by atoms with Crippen LogP contribution >= 0.6 is 0 Å². The highest BCUT2D eigenvalue weighted by Gasteiger charge is 2.55. The van der Waals surface area contributed by atoms with E-state index in [4.69, 9.17) is 9.47 Å². The predicted molar refractivity (Wildman–Crippen MR) is 85.0 cm³/mol. The van der Waals surface area contributed by atoms with Crippen LogP contribution in [0.3, 0.4) is 0 Å². The summed E-state index contributed by atoms with van der Waals surface area (Å²) in [7, 11) is 0. The second-order valence-corrected chi connectivity index (χ2v) is 7.29. The minimum atomic E-state index is -1.60. The van der Waals surface area contributed by atoms with Crippen LogP contribution in [-0.4, -0.2) is 52.9 Å². The first kappa shape index (κ1) is 16.0. The van der Waals surface area contributed by atoms with Crippen molar-refractivity contribution in [1.29, 1.82) is 0 Å². The molecular weight excluding hydrogens is 311 g/mol. The molecule has 1 amide bonds. The van der Waals surface area contributed by atoms with Crippen LogP contribution in [0.15, 0.2) is 24.5 Å². The topological polar surface area (TPSA) is 51.7 Å². The summed E-state index contributed by atoms with van der Waals surface area (Å²) in [6, 6.07) is 3.89. The number of hydrogen-bond acceptors (Lipinski definition) is 4. The number of carbonyl (C=O) groups excluding carboxylic acids is 1. The lowest BCUT2D eigenvalue weighted by molar-refractivity contribution is -0.210. The van der Waals surface area contributed by atoms with Gasteiger partial charge in [-0.25, -0.2) is 4.39 Å². The molecule has 1 unspecified atom stereocenters. The fourth-order valence-corrected chi connectivity index (χ4v) is 3.82. The van der Waals surface area contributed by atoms with Gasteiger partial charge in [0, 0.05) is 25.4 Å². The highest BCUT2D eigenvalue weighted by Crippen LogP contribution is 2.42. The second kappa shape index (κ2) is 6.08. The Morgan fingerprint density at radius 2 is 2.12 bits per heavy atom. The molecule has 24 heavy (non-hydrogen) atoms. The van der Waals surface area contributed by atoms with Gasteiger partial charge in [-0.15, -0.1) is 0 Å². The van der Waals surface area contributed by atoms with Gasteiger partial charge in [0.05, 0.1) is 25.8 Å². The van der Waals surface area contributed by atoms with Gasteiger partial charge in [-0.1, -0.05) is 0 Å². The van der Waals surface area contributed by atoms with Crippen molar-refractivity contribution in [3.05, 3.63) is 30.1 Å². The highest BCUT2D eigenvalue weighted by atomic mass is 19.1. The number of ether oxygens (including phenoxy) is 2. The van der Waals surface area contributed by atoms with Crippen molar-refractivity contribution in [3.8, 4) is 0 Å². The van der Waals surface area contributed by atoms with E-state index in [1.165, 1.54) is 0 Å². The number of pyridine rings is 1. The Bertz CT molecular complexity index is 600. The highest BCUT2D eigenvalue weighted by molar-refractivity contribution is 5.87. The van der Waals surface area contributed by atoms with E-state index >= 15 is 0 Å². The molecule has 0 bridgehead atoms. The summed E-state index contributed by atoms with van der Waals surface area (Å²) in [5.41, 5.74) is -0.843. The molecule has 3 fully saturated rings. The van der Waals surface area contributed by atoms with Crippen LogP contribution < -0.4 is 0 Å². The predicted octanol–water partition coefficient (Wildman–Crippen LogP) is 2.25. The van der Waals surface area contributed by atoms with Gasteiger partial charge in [0.15, 0.2) is 5.67 Å². The van der Waals surface area contributed by atoms with Crippen molar-refractivity contribution < 1.29 is 18.7 Å².